The Hall–Kier alpha value is -5.02. The molecule has 0 saturated carbocycles. The summed E-state index contributed by atoms with van der Waals surface area (Å²) in [6.07, 6.45) is 1.64. The van der Waals surface area contributed by atoms with Gasteiger partial charge in [0.15, 0.2) is 0 Å². The summed E-state index contributed by atoms with van der Waals surface area (Å²) in [5.74, 6) is -0.425. The van der Waals surface area contributed by atoms with Crippen LogP contribution in [0.15, 0.2) is 114 Å². The van der Waals surface area contributed by atoms with Gasteiger partial charge in [-0.3, -0.25) is 14.4 Å². The molecule has 3 N–H and O–H groups in total. The van der Waals surface area contributed by atoms with Crippen LogP contribution in [0, 0.1) is 0 Å². The Balaban J connectivity index is 1.44. The smallest absolute Gasteiger partial charge is 0.272 e. The first-order valence-electron chi connectivity index (χ1n) is 13.6. The summed E-state index contributed by atoms with van der Waals surface area (Å²) in [7, 11) is 5.46. The van der Waals surface area contributed by atoms with Crippen molar-refractivity contribution >= 4 is 52.6 Å². The van der Waals surface area contributed by atoms with Gasteiger partial charge in [-0.1, -0.05) is 42.5 Å². The van der Waals surface area contributed by atoms with E-state index < -0.39 is 5.91 Å². The fourth-order valence-corrected chi connectivity index (χ4v) is 4.90. The minimum Gasteiger partial charge on any atom is -0.495 e. The molecule has 220 valence electrons. The fourth-order valence-electron chi connectivity index (χ4n) is 4.03. The molecule has 0 heterocycles. The number of para-hydroxylation sites is 2. The predicted octanol–water partition coefficient (Wildman–Crippen LogP) is 6.29. The highest BCUT2D eigenvalue weighted by molar-refractivity contribution is 8.00. The maximum absolute atomic E-state index is 13.4. The molecular formula is C34H34N4O4S. The van der Waals surface area contributed by atoms with Crippen molar-refractivity contribution in [2.75, 3.05) is 36.7 Å². The van der Waals surface area contributed by atoms with Crippen LogP contribution in [-0.4, -0.2) is 44.2 Å². The molecule has 0 fully saturated rings. The number of methoxy groups -OCH3 is 1. The summed E-state index contributed by atoms with van der Waals surface area (Å²) in [6.45, 7) is 1.82. The van der Waals surface area contributed by atoms with E-state index >= 15 is 0 Å². The predicted molar refractivity (Wildman–Crippen MR) is 175 cm³/mol. The second-order valence-corrected chi connectivity index (χ2v) is 11.2. The van der Waals surface area contributed by atoms with E-state index in [4.69, 9.17) is 4.74 Å². The van der Waals surface area contributed by atoms with Gasteiger partial charge < -0.3 is 25.6 Å². The topological polar surface area (TPSA) is 99.8 Å². The van der Waals surface area contributed by atoms with E-state index in [9.17, 15) is 14.4 Å². The molecule has 9 heteroatoms. The largest absolute Gasteiger partial charge is 0.495 e. The lowest BCUT2D eigenvalue weighted by Gasteiger charge is -2.15. The first kappa shape index (κ1) is 30.9. The van der Waals surface area contributed by atoms with E-state index in [0.717, 1.165) is 16.1 Å². The first-order chi connectivity index (χ1) is 20.7. The summed E-state index contributed by atoms with van der Waals surface area (Å²) in [5.41, 5.74) is 3.47. The molecule has 0 aliphatic carbocycles. The molecule has 8 nitrogen and oxygen atoms in total. The number of rotatable bonds is 11. The van der Waals surface area contributed by atoms with Crippen LogP contribution in [-0.2, 0) is 9.59 Å². The van der Waals surface area contributed by atoms with Crippen LogP contribution in [0.5, 0.6) is 5.75 Å². The van der Waals surface area contributed by atoms with Gasteiger partial charge in [0.1, 0.15) is 11.4 Å². The number of anilines is 3. The van der Waals surface area contributed by atoms with Crippen molar-refractivity contribution in [3.63, 3.8) is 0 Å². The van der Waals surface area contributed by atoms with Crippen LogP contribution >= 0.6 is 11.8 Å². The number of nitrogens with one attached hydrogen (secondary N) is 3. The van der Waals surface area contributed by atoms with Crippen LogP contribution in [0.1, 0.15) is 22.8 Å². The summed E-state index contributed by atoms with van der Waals surface area (Å²) >= 11 is 1.39. The summed E-state index contributed by atoms with van der Waals surface area (Å²) < 4.78 is 5.31. The third kappa shape index (κ3) is 8.73. The number of nitrogens with zero attached hydrogens (tertiary/aromatic N) is 1. The Morgan fingerprint density at radius 3 is 2.12 bits per heavy atom. The zero-order chi connectivity index (χ0) is 30.8. The average molecular weight is 595 g/mol. The molecule has 0 aromatic heterocycles. The third-order valence-electron chi connectivity index (χ3n) is 6.41. The minimum absolute atomic E-state index is 0.103. The van der Waals surface area contributed by atoms with E-state index in [2.05, 4.69) is 16.0 Å². The van der Waals surface area contributed by atoms with Gasteiger partial charge >= 0.3 is 0 Å². The summed E-state index contributed by atoms with van der Waals surface area (Å²) in [4.78, 5) is 41.9. The van der Waals surface area contributed by atoms with Crippen molar-refractivity contribution in [3.8, 4) is 5.75 Å². The van der Waals surface area contributed by atoms with Crippen molar-refractivity contribution in [3.05, 3.63) is 120 Å². The molecule has 3 amide bonds. The highest BCUT2D eigenvalue weighted by Crippen LogP contribution is 2.28. The van der Waals surface area contributed by atoms with E-state index in [-0.39, 0.29) is 22.8 Å². The Morgan fingerprint density at radius 1 is 0.814 bits per heavy atom. The Bertz CT molecular complexity index is 1590. The standard InChI is InChI=1S/C34H34N4O4S/c1-23(32(39)36-29-12-8-9-13-31(29)42-4)43-28-20-16-26(17-21-28)35-34(41)30(37-33(40)25-10-6-5-7-11-25)22-24-14-18-27(19-15-24)38(2)3/h5-23H,1-4H3,(H,35,41)(H,36,39)(H,37,40)/b30-22-. The van der Waals surface area contributed by atoms with Crippen LogP contribution < -0.4 is 25.6 Å². The van der Waals surface area contributed by atoms with Crippen molar-refractivity contribution in [2.45, 2.75) is 17.1 Å². The Morgan fingerprint density at radius 2 is 1.47 bits per heavy atom. The third-order valence-corrected chi connectivity index (χ3v) is 7.52. The van der Waals surface area contributed by atoms with Gasteiger partial charge in [-0.15, -0.1) is 11.8 Å². The van der Waals surface area contributed by atoms with Gasteiger partial charge in [0.2, 0.25) is 5.91 Å². The number of ether oxygens (including phenoxy) is 1. The quantitative estimate of drug-likeness (QED) is 0.139. The number of carbonyl (C=O) groups is 3. The molecule has 0 aliphatic rings. The van der Waals surface area contributed by atoms with E-state index in [1.54, 1.807) is 61.7 Å². The van der Waals surface area contributed by atoms with Gasteiger partial charge in [0, 0.05) is 35.9 Å². The van der Waals surface area contributed by atoms with Crippen LogP contribution in [0.4, 0.5) is 17.1 Å². The molecule has 43 heavy (non-hydrogen) atoms. The Labute approximate surface area is 256 Å². The zero-order valence-corrected chi connectivity index (χ0v) is 25.3. The number of thioether (sulfide) groups is 1. The van der Waals surface area contributed by atoms with E-state index in [0.29, 0.717) is 22.7 Å². The van der Waals surface area contributed by atoms with Crippen LogP contribution in [0.25, 0.3) is 6.08 Å². The SMILES string of the molecule is COc1ccccc1NC(=O)C(C)Sc1ccc(NC(=O)/C(=C/c2ccc(N(C)C)cc2)NC(=O)c2ccccc2)cc1. The molecule has 0 spiro atoms. The lowest BCUT2D eigenvalue weighted by atomic mass is 10.1. The second kappa shape index (κ2) is 14.7. The van der Waals surface area contributed by atoms with Gasteiger partial charge in [0.05, 0.1) is 18.0 Å². The summed E-state index contributed by atoms with van der Waals surface area (Å²) in [5, 5.41) is 8.14. The van der Waals surface area contributed by atoms with Gasteiger partial charge in [-0.05, 0) is 79.2 Å². The number of carbonyl (C=O) groups excluding carboxylic acids is 3. The zero-order valence-electron chi connectivity index (χ0n) is 24.5. The molecule has 1 atom stereocenters. The molecule has 0 saturated heterocycles. The lowest BCUT2D eigenvalue weighted by Crippen LogP contribution is -2.30. The van der Waals surface area contributed by atoms with E-state index in [1.165, 1.54) is 11.8 Å². The normalized spacial score (nSPS) is 11.7. The maximum Gasteiger partial charge on any atom is 0.272 e. The van der Waals surface area contributed by atoms with Crippen molar-refractivity contribution in [2.24, 2.45) is 0 Å². The Kier molecular flexibility index (Phi) is 10.6. The fraction of sp³-hybridized carbons (Fsp3) is 0.147. The van der Waals surface area contributed by atoms with E-state index in [1.807, 2.05) is 80.5 Å². The van der Waals surface area contributed by atoms with Gasteiger partial charge in [-0.2, -0.15) is 0 Å². The molecule has 4 aromatic carbocycles. The van der Waals surface area contributed by atoms with Crippen molar-refractivity contribution < 1.29 is 19.1 Å². The molecule has 0 aliphatic heterocycles. The van der Waals surface area contributed by atoms with Crippen LogP contribution in [0.2, 0.25) is 0 Å². The van der Waals surface area contributed by atoms with Gasteiger partial charge in [0.25, 0.3) is 11.8 Å². The highest BCUT2D eigenvalue weighted by atomic mass is 32.2. The molecule has 4 aromatic rings. The number of hydrogen-bond acceptors (Lipinski definition) is 6. The highest BCUT2D eigenvalue weighted by Gasteiger charge is 2.18. The molecule has 0 bridgehead atoms. The second-order valence-electron chi connectivity index (χ2n) is 9.79. The minimum atomic E-state index is -0.467. The first-order valence-corrected chi connectivity index (χ1v) is 14.5. The maximum atomic E-state index is 13.4. The average Bonchev–Trinajstić information content (AvgIpc) is 3.02. The molecule has 1 unspecified atom stereocenters. The molecule has 4 rings (SSSR count). The van der Waals surface area contributed by atoms with Gasteiger partial charge in [-0.25, -0.2) is 0 Å². The molecule has 0 radical (unpaired) electrons. The summed E-state index contributed by atoms with van der Waals surface area (Å²) in [6, 6.07) is 30.8. The molecular weight excluding hydrogens is 560 g/mol. The van der Waals surface area contributed by atoms with Crippen molar-refractivity contribution in [1.29, 1.82) is 0 Å². The number of benzene rings is 4. The van der Waals surface area contributed by atoms with Crippen molar-refractivity contribution in [1.82, 2.24) is 5.32 Å². The monoisotopic (exact) mass is 594 g/mol. The number of hydrogen-bond donors (Lipinski definition) is 3. The lowest BCUT2D eigenvalue weighted by molar-refractivity contribution is -0.115. The number of amides is 3. The van der Waals surface area contributed by atoms with Crippen LogP contribution in [0.3, 0.4) is 0 Å².